The molecule has 1 unspecified atom stereocenters. The van der Waals surface area contributed by atoms with Crippen LogP contribution >= 0.6 is 0 Å². The van der Waals surface area contributed by atoms with Gasteiger partial charge in [-0.15, -0.1) is 0 Å². The summed E-state index contributed by atoms with van der Waals surface area (Å²) >= 11 is 0. The van der Waals surface area contributed by atoms with Crippen molar-refractivity contribution in [1.82, 2.24) is 3.97 Å². The molecule has 0 aliphatic carbocycles. The zero-order chi connectivity index (χ0) is 23.1. The molecule has 1 heterocycles. The number of aromatic nitrogens is 1. The van der Waals surface area contributed by atoms with Crippen LogP contribution in [0.3, 0.4) is 0 Å². The molecular formula is C23H28NO4SSi2. The van der Waals surface area contributed by atoms with Crippen molar-refractivity contribution < 1.29 is 17.6 Å². The number of nitrogens with zero attached hydrogens (tertiary/aromatic N) is 1. The Hall–Kier alpha value is -1.72. The van der Waals surface area contributed by atoms with Gasteiger partial charge in [-0.1, -0.05) is 71.0 Å². The Morgan fingerprint density at radius 2 is 1.58 bits per heavy atom. The quantitative estimate of drug-likeness (QED) is 0.528. The summed E-state index contributed by atoms with van der Waals surface area (Å²) in [7, 11) is -0.806. The standard InChI is InChI=1S/C23H28NO4SSi2/c1-21(2,3)23(25,22(4,5)31-28-30)16-18-15-17-11-9-10-14-20(17)24(18)29(26,27)19-12-7-6-8-13-19/h6-15,25H,16H2,1-5H3. The highest BCUT2D eigenvalue weighted by atomic mass is 32.2. The fourth-order valence-corrected chi connectivity index (χ4v) is 7.41. The van der Waals surface area contributed by atoms with Gasteiger partial charge in [0.15, 0.2) is 0 Å². The zero-order valence-electron chi connectivity index (χ0n) is 18.5. The Balaban J connectivity index is 2.27. The summed E-state index contributed by atoms with van der Waals surface area (Å²) in [5.74, 6) is 0. The number of benzene rings is 2. The normalized spacial score (nSPS) is 15.2. The summed E-state index contributed by atoms with van der Waals surface area (Å²) < 4.78 is 34.0. The highest BCUT2D eigenvalue weighted by Gasteiger charge is 2.53. The van der Waals surface area contributed by atoms with E-state index >= 15 is 0 Å². The third-order valence-corrected chi connectivity index (χ3v) is 9.15. The number of para-hydroxylation sites is 1. The summed E-state index contributed by atoms with van der Waals surface area (Å²) in [5.41, 5.74) is -0.682. The molecule has 0 bridgehead atoms. The van der Waals surface area contributed by atoms with Gasteiger partial charge in [0, 0.05) is 22.5 Å². The molecule has 0 aliphatic rings. The van der Waals surface area contributed by atoms with Gasteiger partial charge in [-0.25, -0.2) is 12.4 Å². The van der Waals surface area contributed by atoms with Crippen molar-refractivity contribution >= 4 is 41.2 Å². The van der Waals surface area contributed by atoms with Crippen LogP contribution in [0.25, 0.3) is 10.9 Å². The largest absolute Gasteiger partial charge is 0.457 e. The second-order valence-electron chi connectivity index (χ2n) is 9.39. The van der Waals surface area contributed by atoms with E-state index in [1.54, 1.807) is 36.4 Å². The van der Waals surface area contributed by atoms with Gasteiger partial charge in [0.25, 0.3) is 10.0 Å². The summed E-state index contributed by atoms with van der Waals surface area (Å²) in [5, 5.41) is 12.2. The van der Waals surface area contributed by atoms with E-state index in [1.165, 1.54) is 3.97 Å². The molecule has 5 nitrogen and oxygen atoms in total. The van der Waals surface area contributed by atoms with Crippen LogP contribution in [0.1, 0.15) is 40.3 Å². The van der Waals surface area contributed by atoms with Crippen molar-refractivity contribution in [2.24, 2.45) is 5.41 Å². The fourth-order valence-electron chi connectivity index (χ4n) is 4.19. The fraction of sp³-hybridized carbons (Fsp3) is 0.391. The van der Waals surface area contributed by atoms with Crippen molar-refractivity contribution in [3.05, 3.63) is 66.4 Å². The molecule has 1 atom stereocenters. The van der Waals surface area contributed by atoms with Crippen molar-refractivity contribution in [3.63, 3.8) is 0 Å². The minimum Gasteiger partial charge on any atom is -0.457 e. The van der Waals surface area contributed by atoms with Crippen molar-refractivity contribution in [2.75, 3.05) is 0 Å². The van der Waals surface area contributed by atoms with Crippen LogP contribution in [0.5, 0.6) is 0 Å². The first-order chi connectivity index (χ1) is 14.3. The summed E-state index contributed by atoms with van der Waals surface area (Å²) in [6.45, 7) is 9.77. The molecule has 0 spiro atoms. The average Bonchev–Trinajstić information content (AvgIpc) is 3.06. The first-order valence-electron chi connectivity index (χ1n) is 10.1. The van der Waals surface area contributed by atoms with Crippen molar-refractivity contribution in [2.45, 2.75) is 56.6 Å². The molecular weight excluding hydrogens is 442 g/mol. The SMILES string of the molecule is CC(C)(C)C(O)(Cc1cc2ccccc2n1S(=O)(=O)c1ccccc1)C(C)(C)[Si]O[Si]. The van der Waals surface area contributed by atoms with E-state index in [4.69, 9.17) is 4.12 Å². The van der Waals surface area contributed by atoms with Crippen LogP contribution in [-0.2, 0) is 20.6 Å². The molecule has 163 valence electrons. The van der Waals surface area contributed by atoms with E-state index < -0.39 is 26.1 Å². The van der Waals surface area contributed by atoms with Gasteiger partial charge in [0.2, 0.25) is 20.2 Å². The molecule has 0 saturated carbocycles. The van der Waals surface area contributed by atoms with Gasteiger partial charge in [-0.3, -0.25) is 0 Å². The number of fused-ring (bicyclic) bond motifs is 1. The lowest BCUT2D eigenvalue weighted by atomic mass is 9.67. The van der Waals surface area contributed by atoms with E-state index in [0.717, 1.165) is 5.39 Å². The second kappa shape index (κ2) is 8.33. The molecule has 31 heavy (non-hydrogen) atoms. The van der Waals surface area contributed by atoms with Crippen molar-refractivity contribution in [3.8, 4) is 0 Å². The predicted molar refractivity (Wildman–Crippen MR) is 126 cm³/mol. The maximum absolute atomic E-state index is 13.7. The number of hydrogen-bond donors (Lipinski definition) is 1. The second-order valence-corrected chi connectivity index (χ2v) is 13.5. The Bertz CT molecular complexity index is 1170. The minimum atomic E-state index is -3.86. The van der Waals surface area contributed by atoms with E-state index in [9.17, 15) is 13.5 Å². The van der Waals surface area contributed by atoms with Gasteiger partial charge in [0.1, 0.15) is 0 Å². The molecule has 0 fully saturated rings. The highest BCUT2D eigenvalue weighted by molar-refractivity contribution is 7.90. The van der Waals surface area contributed by atoms with Gasteiger partial charge >= 0.3 is 0 Å². The van der Waals surface area contributed by atoms with E-state index in [1.807, 2.05) is 58.9 Å². The summed E-state index contributed by atoms with van der Waals surface area (Å²) in [6, 6.07) is 17.6. The number of aliphatic hydroxyl groups is 1. The van der Waals surface area contributed by atoms with E-state index in [0.29, 0.717) is 11.2 Å². The third-order valence-electron chi connectivity index (χ3n) is 6.04. The van der Waals surface area contributed by atoms with Crippen LogP contribution < -0.4 is 0 Å². The van der Waals surface area contributed by atoms with Crippen LogP contribution in [0.2, 0.25) is 5.04 Å². The number of rotatable bonds is 7. The first-order valence-corrected chi connectivity index (χ1v) is 12.8. The van der Waals surface area contributed by atoms with Gasteiger partial charge in [-0.2, -0.15) is 0 Å². The Morgan fingerprint density at radius 1 is 1.00 bits per heavy atom. The van der Waals surface area contributed by atoms with Gasteiger partial charge in [0.05, 0.1) is 16.0 Å². The lowest BCUT2D eigenvalue weighted by Crippen LogP contribution is -2.55. The molecule has 1 aromatic heterocycles. The Labute approximate surface area is 191 Å². The van der Waals surface area contributed by atoms with Crippen LogP contribution in [-0.4, -0.2) is 43.3 Å². The van der Waals surface area contributed by atoms with E-state index in [2.05, 4.69) is 10.5 Å². The summed E-state index contributed by atoms with van der Waals surface area (Å²) in [4.78, 5) is 0.210. The molecule has 0 aliphatic heterocycles. The molecule has 8 heteroatoms. The smallest absolute Gasteiger partial charge is 0.268 e. The maximum atomic E-state index is 13.7. The van der Waals surface area contributed by atoms with Crippen LogP contribution in [0, 0.1) is 5.41 Å². The first kappa shape index (κ1) is 23.9. The number of hydrogen-bond acceptors (Lipinski definition) is 4. The lowest BCUT2D eigenvalue weighted by Gasteiger charge is -2.50. The molecule has 3 aromatic rings. The molecule has 5 radical (unpaired) electrons. The molecule has 1 N–H and O–H groups in total. The maximum Gasteiger partial charge on any atom is 0.268 e. The lowest BCUT2D eigenvalue weighted by molar-refractivity contribution is -0.0898. The zero-order valence-corrected chi connectivity index (χ0v) is 21.3. The molecule has 3 rings (SSSR count). The Morgan fingerprint density at radius 3 is 2.16 bits per heavy atom. The van der Waals surface area contributed by atoms with E-state index in [-0.39, 0.29) is 21.1 Å². The third kappa shape index (κ3) is 4.19. The minimum absolute atomic E-state index is 0.0316. The molecule has 2 aromatic carbocycles. The Kier molecular flexibility index (Phi) is 6.43. The van der Waals surface area contributed by atoms with Gasteiger partial charge in [-0.05, 0) is 29.7 Å². The van der Waals surface area contributed by atoms with Crippen LogP contribution in [0.15, 0.2) is 65.6 Å². The average molecular weight is 471 g/mol. The monoisotopic (exact) mass is 470 g/mol. The van der Waals surface area contributed by atoms with Crippen LogP contribution in [0.4, 0.5) is 0 Å². The van der Waals surface area contributed by atoms with Crippen molar-refractivity contribution in [1.29, 1.82) is 0 Å². The topological polar surface area (TPSA) is 68.5 Å². The molecule has 0 saturated heterocycles. The summed E-state index contributed by atoms with van der Waals surface area (Å²) in [6.07, 6.45) is 0.146. The van der Waals surface area contributed by atoms with Gasteiger partial charge < -0.3 is 9.22 Å². The highest BCUT2D eigenvalue weighted by Crippen LogP contribution is 2.50. The molecule has 0 amide bonds. The predicted octanol–water partition coefficient (Wildman–Crippen LogP) is 4.12.